The van der Waals surface area contributed by atoms with Crippen molar-refractivity contribution in [3.8, 4) is 0 Å². The molecule has 1 aromatic rings. The molecule has 21 heavy (non-hydrogen) atoms. The van der Waals surface area contributed by atoms with Crippen LogP contribution in [-0.2, 0) is 4.74 Å². The summed E-state index contributed by atoms with van der Waals surface area (Å²) in [5.74, 6) is -0.783. The fourth-order valence-electron chi connectivity index (χ4n) is 2.02. The van der Waals surface area contributed by atoms with Crippen LogP contribution in [0.5, 0.6) is 0 Å². The summed E-state index contributed by atoms with van der Waals surface area (Å²) >= 11 is 0. The van der Waals surface area contributed by atoms with Gasteiger partial charge in [-0.3, -0.25) is 0 Å². The van der Waals surface area contributed by atoms with Crippen molar-refractivity contribution in [1.29, 1.82) is 0 Å². The standard InChI is InChI=1S/C18H25FO2/c1-3-5-8-14-17(16(19)13-6-4-2)21-18(20)15-11-9-7-10-12-15/h7,9-13,17H,3-6,8,14H2,1-2H3/b16-13+. The number of ether oxygens (including phenoxy) is 1. The summed E-state index contributed by atoms with van der Waals surface area (Å²) in [4.78, 5) is 12.0. The minimum atomic E-state index is -0.754. The second-order valence-electron chi connectivity index (χ2n) is 5.13. The molecule has 1 unspecified atom stereocenters. The topological polar surface area (TPSA) is 26.3 Å². The molecule has 2 nitrogen and oxygen atoms in total. The Labute approximate surface area is 127 Å². The Morgan fingerprint density at radius 1 is 1.19 bits per heavy atom. The van der Waals surface area contributed by atoms with Gasteiger partial charge in [-0.15, -0.1) is 0 Å². The number of hydrogen-bond acceptors (Lipinski definition) is 2. The van der Waals surface area contributed by atoms with Crippen LogP contribution in [0.15, 0.2) is 42.2 Å². The van der Waals surface area contributed by atoms with E-state index in [2.05, 4.69) is 6.92 Å². The third kappa shape index (κ3) is 6.56. The first-order chi connectivity index (χ1) is 10.2. The number of rotatable bonds is 9. The first-order valence-electron chi connectivity index (χ1n) is 7.80. The van der Waals surface area contributed by atoms with Crippen LogP contribution in [0.25, 0.3) is 0 Å². The minimum Gasteiger partial charge on any atom is -0.451 e. The molecular weight excluding hydrogens is 267 g/mol. The zero-order valence-electron chi connectivity index (χ0n) is 13.0. The maximum atomic E-state index is 14.1. The molecule has 0 aliphatic heterocycles. The number of hydrogen-bond donors (Lipinski definition) is 0. The van der Waals surface area contributed by atoms with Gasteiger partial charge in [0.2, 0.25) is 0 Å². The Balaban J connectivity index is 2.69. The molecule has 0 N–H and O–H groups in total. The largest absolute Gasteiger partial charge is 0.451 e. The summed E-state index contributed by atoms with van der Waals surface area (Å²) < 4.78 is 19.5. The predicted molar refractivity (Wildman–Crippen MR) is 83.9 cm³/mol. The second kappa shape index (κ2) is 10.1. The van der Waals surface area contributed by atoms with Gasteiger partial charge in [0.1, 0.15) is 5.83 Å². The van der Waals surface area contributed by atoms with Crippen molar-refractivity contribution in [2.24, 2.45) is 0 Å². The van der Waals surface area contributed by atoms with E-state index in [-0.39, 0.29) is 5.83 Å². The van der Waals surface area contributed by atoms with Crippen LogP contribution >= 0.6 is 0 Å². The smallest absolute Gasteiger partial charge is 0.338 e. The summed E-state index contributed by atoms with van der Waals surface area (Å²) in [7, 11) is 0. The van der Waals surface area contributed by atoms with E-state index in [1.54, 1.807) is 24.3 Å². The molecule has 1 aromatic carbocycles. The normalized spacial score (nSPS) is 13.0. The van der Waals surface area contributed by atoms with Crippen molar-refractivity contribution in [3.63, 3.8) is 0 Å². The Kier molecular flexibility index (Phi) is 8.41. The minimum absolute atomic E-state index is 0.322. The quantitative estimate of drug-likeness (QED) is 0.447. The lowest BCUT2D eigenvalue weighted by molar-refractivity contribution is 0.0308. The highest BCUT2D eigenvalue weighted by Crippen LogP contribution is 2.19. The Bertz CT molecular complexity index is 440. The SMILES string of the molecule is CCC/C=C(/F)C(CCCCC)OC(=O)c1ccccc1. The van der Waals surface area contributed by atoms with Gasteiger partial charge in [-0.05, 0) is 37.5 Å². The molecule has 0 saturated carbocycles. The van der Waals surface area contributed by atoms with Crippen molar-refractivity contribution < 1.29 is 13.9 Å². The Hall–Kier alpha value is -1.64. The lowest BCUT2D eigenvalue weighted by Gasteiger charge is -2.16. The van der Waals surface area contributed by atoms with Crippen molar-refractivity contribution >= 4 is 5.97 Å². The average molecular weight is 292 g/mol. The van der Waals surface area contributed by atoms with E-state index in [4.69, 9.17) is 4.74 Å². The molecule has 116 valence electrons. The fraction of sp³-hybridized carbons (Fsp3) is 0.500. The third-order valence-corrected chi connectivity index (χ3v) is 3.26. The second-order valence-corrected chi connectivity index (χ2v) is 5.13. The summed E-state index contributed by atoms with van der Waals surface area (Å²) in [6.45, 7) is 4.08. The summed E-state index contributed by atoms with van der Waals surface area (Å²) in [6.07, 6.45) is 5.79. The number of halogens is 1. The summed E-state index contributed by atoms with van der Waals surface area (Å²) in [5.41, 5.74) is 0.460. The summed E-state index contributed by atoms with van der Waals surface area (Å²) in [6, 6.07) is 8.73. The van der Waals surface area contributed by atoms with Crippen molar-refractivity contribution in [1.82, 2.24) is 0 Å². The van der Waals surface area contributed by atoms with Gasteiger partial charge >= 0.3 is 5.97 Å². The maximum absolute atomic E-state index is 14.1. The molecule has 0 aliphatic carbocycles. The highest BCUT2D eigenvalue weighted by Gasteiger charge is 2.19. The van der Waals surface area contributed by atoms with Gasteiger partial charge in [0.25, 0.3) is 0 Å². The van der Waals surface area contributed by atoms with Crippen LogP contribution in [0.3, 0.4) is 0 Å². The van der Waals surface area contributed by atoms with E-state index < -0.39 is 12.1 Å². The highest BCUT2D eigenvalue weighted by atomic mass is 19.1. The van der Waals surface area contributed by atoms with Gasteiger partial charge in [-0.2, -0.15) is 0 Å². The van der Waals surface area contributed by atoms with Crippen LogP contribution < -0.4 is 0 Å². The predicted octanol–water partition coefficient (Wildman–Crippen LogP) is 5.45. The van der Waals surface area contributed by atoms with Gasteiger partial charge in [-0.25, -0.2) is 9.18 Å². The monoisotopic (exact) mass is 292 g/mol. The third-order valence-electron chi connectivity index (χ3n) is 3.26. The number of unbranched alkanes of at least 4 members (excludes halogenated alkanes) is 3. The molecule has 0 bridgehead atoms. The molecule has 0 aliphatic rings. The molecular formula is C18H25FO2. The molecule has 0 radical (unpaired) electrons. The van der Waals surface area contributed by atoms with Crippen LogP contribution in [0.1, 0.15) is 62.7 Å². The number of esters is 1. The van der Waals surface area contributed by atoms with Gasteiger partial charge < -0.3 is 4.74 Å². The van der Waals surface area contributed by atoms with E-state index in [1.807, 2.05) is 13.0 Å². The summed E-state index contributed by atoms with van der Waals surface area (Å²) in [5, 5.41) is 0. The van der Waals surface area contributed by atoms with E-state index in [0.717, 1.165) is 25.7 Å². The van der Waals surface area contributed by atoms with E-state index in [9.17, 15) is 9.18 Å². The van der Waals surface area contributed by atoms with Gasteiger partial charge in [0.15, 0.2) is 6.10 Å². The van der Waals surface area contributed by atoms with Crippen LogP contribution in [0.2, 0.25) is 0 Å². The average Bonchev–Trinajstić information content (AvgIpc) is 2.52. The Morgan fingerprint density at radius 3 is 2.52 bits per heavy atom. The van der Waals surface area contributed by atoms with Crippen LogP contribution in [-0.4, -0.2) is 12.1 Å². The maximum Gasteiger partial charge on any atom is 0.338 e. The Morgan fingerprint density at radius 2 is 1.90 bits per heavy atom. The fourth-order valence-corrected chi connectivity index (χ4v) is 2.02. The molecule has 1 rings (SSSR count). The first-order valence-corrected chi connectivity index (χ1v) is 7.80. The molecule has 1 atom stereocenters. The van der Waals surface area contributed by atoms with Crippen LogP contribution in [0.4, 0.5) is 4.39 Å². The number of allylic oxidation sites excluding steroid dienone is 1. The van der Waals surface area contributed by atoms with E-state index >= 15 is 0 Å². The molecule has 0 amide bonds. The van der Waals surface area contributed by atoms with Gasteiger partial charge in [0.05, 0.1) is 5.56 Å². The van der Waals surface area contributed by atoms with E-state index in [0.29, 0.717) is 18.4 Å². The van der Waals surface area contributed by atoms with Crippen molar-refractivity contribution in [2.45, 2.75) is 58.5 Å². The lowest BCUT2D eigenvalue weighted by atomic mass is 10.1. The number of carbonyl (C=O) groups excluding carboxylic acids is 1. The molecule has 0 heterocycles. The molecule has 0 spiro atoms. The van der Waals surface area contributed by atoms with E-state index in [1.165, 1.54) is 6.08 Å². The zero-order valence-corrected chi connectivity index (χ0v) is 13.0. The van der Waals surface area contributed by atoms with Crippen LogP contribution in [0, 0.1) is 0 Å². The van der Waals surface area contributed by atoms with Gasteiger partial charge in [0, 0.05) is 0 Å². The molecule has 3 heteroatoms. The highest BCUT2D eigenvalue weighted by molar-refractivity contribution is 5.89. The van der Waals surface area contributed by atoms with Crippen molar-refractivity contribution in [2.75, 3.05) is 0 Å². The zero-order chi connectivity index (χ0) is 15.5. The molecule has 0 aromatic heterocycles. The number of benzene rings is 1. The molecule has 0 fully saturated rings. The first kappa shape index (κ1) is 17.4. The van der Waals surface area contributed by atoms with Crippen molar-refractivity contribution in [3.05, 3.63) is 47.8 Å². The number of carbonyl (C=O) groups is 1. The van der Waals surface area contributed by atoms with Gasteiger partial charge in [-0.1, -0.05) is 51.3 Å². The molecule has 0 saturated heterocycles. The lowest BCUT2D eigenvalue weighted by Crippen LogP contribution is -2.19.